The molecule has 0 radical (unpaired) electrons. The smallest absolute Gasteiger partial charge is 0.414 e. The minimum atomic E-state index is -0.659. The molecule has 10 heteroatoms. The maximum Gasteiger partial charge on any atom is 0.414 e. The van der Waals surface area contributed by atoms with Crippen LogP contribution in [0.15, 0.2) is 24.5 Å². The Morgan fingerprint density at radius 2 is 2.15 bits per heavy atom. The van der Waals surface area contributed by atoms with E-state index in [4.69, 9.17) is 20.5 Å². The zero-order chi connectivity index (χ0) is 24.0. The lowest BCUT2D eigenvalue weighted by Gasteiger charge is -2.39. The molecule has 9 nitrogen and oxygen atoms in total. The Morgan fingerprint density at radius 3 is 2.91 bits per heavy atom. The van der Waals surface area contributed by atoms with Gasteiger partial charge in [0.15, 0.2) is 5.82 Å². The Kier molecular flexibility index (Phi) is 5.12. The van der Waals surface area contributed by atoms with Gasteiger partial charge in [0.1, 0.15) is 12.3 Å². The third-order valence-electron chi connectivity index (χ3n) is 6.39. The molecule has 1 aliphatic heterocycles. The van der Waals surface area contributed by atoms with Gasteiger partial charge in [-0.1, -0.05) is 0 Å². The number of carbonyl (C=O) groups excluding carboxylic acids is 1. The molecule has 2 aliphatic rings. The molecule has 4 N–H and O–H groups in total. The Labute approximate surface area is 195 Å². The number of fused-ring (bicyclic) bond motifs is 2. The molecule has 1 aliphatic carbocycles. The van der Waals surface area contributed by atoms with E-state index in [1.807, 2.05) is 13.8 Å². The number of amides is 1. The van der Waals surface area contributed by atoms with Crippen molar-refractivity contribution in [1.82, 2.24) is 15.3 Å². The largest absolute Gasteiger partial charge is 0.474 e. The molecule has 34 heavy (non-hydrogen) atoms. The van der Waals surface area contributed by atoms with E-state index >= 15 is 4.39 Å². The van der Waals surface area contributed by atoms with Crippen molar-refractivity contribution in [2.45, 2.75) is 32.7 Å². The quantitative estimate of drug-likeness (QED) is 0.499. The first-order valence-corrected chi connectivity index (χ1v) is 10.9. The van der Waals surface area contributed by atoms with E-state index < -0.39 is 17.3 Å². The summed E-state index contributed by atoms with van der Waals surface area (Å²) in [5.41, 5.74) is 8.00. The van der Waals surface area contributed by atoms with Crippen molar-refractivity contribution in [3.8, 4) is 29.0 Å². The van der Waals surface area contributed by atoms with Crippen LogP contribution in [0.25, 0.3) is 21.9 Å². The Bertz CT molecular complexity index is 1360. The molecule has 3 heterocycles. The fourth-order valence-corrected chi connectivity index (χ4v) is 4.53. The van der Waals surface area contributed by atoms with Crippen molar-refractivity contribution in [2.75, 3.05) is 24.2 Å². The number of hydrogen-bond donors (Lipinski definition) is 3. The lowest BCUT2D eigenvalue weighted by Crippen LogP contribution is -2.49. The lowest BCUT2D eigenvalue weighted by molar-refractivity contribution is 0.147. The number of pyridine rings is 2. The van der Waals surface area contributed by atoms with Crippen LogP contribution in [-0.2, 0) is 0 Å². The number of nitriles is 1. The van der Waals surface area contributed by atoms with Crippen molar-refractivity contribution in [3.63, 3.8) is 0 Å². The van der Waals surface area contributed by atoms with Gasteiger partial charge >= 0.3 is 6.09 Å². The Balaban J connectivity index is 1.44. The maximum absolute atomic E-state index is 15.3. The molecular weight excluding hydrogens is 439 g/mol. The second-order valence-electron chi connectivity index (χ2n) is 8.96. The zero-order valence-corrected chi connectivity index (χ0v) is 18.7. The van der Waals surface area contributed by atoms with E-state index in [1.165, 1.54) is 12.3 Å². The van der Waals surface area contributed by atoms with Crippen LogP contribution in [0.5, 0.6) is 11.8 Å². The fraction of sp³-hybridized carbons (Fsp3) is 0.333. The highest BCUT2D eigenvalue weighted by Crippen LogP contribution is 2.41. The van der Waals surface area contributed by atoms with Gasteiger partial charge in [-0.05, 0) is 43.7 Å². The van der Waals surface area contributed by atoms with Gasteiger partial charge in [0.05, 0.1) is 17.2 Å². The predicted octanol–water partition coefficient (Wildman–Crippen LogP) is 3.91. The van der Waals surface area contributed by atoms with Gasteiger partial charge in [0.25, 0.3) is 0 Å². The second-order valence-corrected chi connectivity index (χ2v) is 8.96. The summed E-state index contributed by atoms with van der Waals surface area (Å²) < 4.78 is 26.2. The van der Waals surface area contributed by atoms with E-state index in [0.717, 1.165) is 11.3 Å². The topological polar surface area (TPSA) is 135 Å². The molecule has 1 fully saturated rings. The standard InChI is InChI=1S/C24H23FN6O3/c1-12-16(9-30-22-21(12)28-3-4-33-22)15-5-13-6-18(29-10-17(13)20(27)19(15)25)34-23(32)31-14-7-24(2,8-14)11-26/h5-6,9-10,14,28H,3-4,7-8,27H2,1-2H3,(H,31,32). The molecule has 174 valence electrons. The van der Waals surface area contributed by atoms with Crippen molar-refractivity contribution < 1.29 is 18.7 Å². The number of ether oxygens (including phenoxy) is 2. The number of nitrogens with zero attached hydrogens (tertiary/aromatic N) is 3. The summed E-state index contributed by atoms with van der Waals surface area (Å²) in [4.78, 5) is 20.7. The summed E-state index contributed by atoms with van der Waals surface area (Å²) in [6.07, 6.45) is 3.41. The third kappa shape index (κ3) is 3.69. The van der Waals surface area contributed by atoms with Gasteiger partial charge in [0, 0.05) is 47.6 Å². The lowest BCUT2D eigenvalue weighted by atomic mass is 9.68. The van der Waals surface area contributed by atoms with E-state index in [9.17, 15) is 4.79 Å². The van der Waals surface area contributed by atoms with Crippen LogP contribution < -0.4 is 25.8 Å². The van der Waals surface area contributed by atoms with Crippen LogP contribution in [0.4, 0.5) is 20.6 Å². The Morgan fingerprint density at radius 1 is 1.35 bits per heavy atom. The van der Waals surface area contributed by atoms with Crippen molar-refractivity contribution >= 4 is 28.2 Å². The molecule has 0 saturated heterocycles. The van der Waals surface area contributed by atoms with Gasteiger partial charge in [-0.25, -0.2) is 19.2 Å². The number of benzene rings is 1. The first kappa shape index (κ1) is 21.7. The first-order valence-electron chi connectivity index (χ1n) is 10.9. The molecule has 2 aromatic heterocycles. The van der Waals surface area contributed by atoms with E-state index in [2.05, 4.69) is 26.7 Å². The first-order chi connectivity index (χ1) is 16.3. The molecule has 5 rings (SSSR count). The minimum Gasteiger partial charge on any atom is -0.474 e. The monoisotopic (exact) mass is 462 g/mol. The van der Waals surface area contributed by atoms with Gasteiger partial charge in [-0.2, -0.15) is 5.26 Å². The van der Waals surface area contributed by atoms with Gasteiger partial charge in [-0.3, -0.25) is 0 Å². The van der Waals surface area contributed by atoms with Crippen LogP contribution in [0, 0.1) is 29.5 Å². The molecule has 0 bridgehead atoms. The summed E-state index contributed by atoms with van der Waals surface area (Å²) in [5.74, 6) is -0.0402. The van der Waals surface area contributed by atoms with Crippen molar-refractivity contribution in [1.29, 1.82) is 5.26 Å². The number of carbonyl (C=O) groups is 1. The number of aromatic nitrogens is 2. The molecular formula is C24H23FN6O3. The van der Waals surface area contributed by atoms with E-state index in [0.29, 0.717) is 48.2 Å². The summed E-state index contributed by atoms with van der Waals surface area (Å²) in [5, 5.41) is 16.0. The average Bonchev–Trinajstić information content (AvgIpc) is 2.81. The number of hydrogen-bond acceptors (Lipinski definition) is 8. The van der Waals surface area contributed by atoms with Gasteiger partial charge in [-0.15, -0.1) is 0 Å². The maximum atomic E-state index is 15.3. The predicted molar refractivity (Wildman–Crippen MR) is 124 cm³/mol. The number of rotatable bonds is 3. The van der Waals surface area contributed by atoms with Crippen molar-refractivity contribution in [2.24, 2.45) is 5.41 Å². The van der Waals surface area contributed by atoms with Gasteiger partial charge in [0.2, 0.25) is 11.8 Å². The van der Waals surface area contributed by atoms with Gasteiger partial charge < -0.3 is 25.8 Å². The summed E-state index contributed by atoms with van der Waals surface area (Å²) in [6, 6.07) is 5.29. The molecule has 3 aromatic rings. The normalized spacial score (nSPS) is 20.8. The highest BCUT2D eigenvalue weighted by molar-refractivity contribution is 5.98. The van der Waals surface area contributed by atoms with Crippen LogP contribution in [0.2, 0.25) is 0 Å². The van der Waals surface area contributed by atoms with Crippen LogP contribution in [0.1, 0.15) is 25.3 Å². The number of halogens is 1. The molecule has 0 unspecified atom stereocenters. The highest BCUT2D eigenvalue weighted by Gasteiger charge is 2.41. The number of anilines is 2. The fourth-order valence-electron chi connectivity index (χ4n) is 4.53. The number of nitrogens with one attached hydrogen (secondary N) is 2. The molecule has 1 aromatic carbocycles. The summed E-state index contributed by atoms with van der Waals surface area (Å²) >= 11 is 0. The number of nitrogen functional groups attached to an aromatic ring is 1. The Hall–Kier alpha value is -4.13. The van der Waals surface area contributed by atoms with Crippen molar-refractivity contribution in [3.05, 3.63) is 35.9 Å². The SMILES string of the molecule is Cc1c(-c2cc3cc(OC(=O)NC4CC(C)(C#N)C4)ncc3c(N)c2F)cnc2c1NCCO2. The summed E-state index contributed by atoms with van der Waals surface area (Å²) in [6.45, 7) is 4.86. The molecule has 0 atom stereocenters. The van der Waals surface area contributed by atoms with Crippen LogP contribution in [-0.4, -0.2) is 35.3 Å². The van der Waals surface area contributed by atoms with Crippen LogP contribution >= 0.6 is 0 Å². The van der Waals surface area contributed by atoms with E-state index in [1.54, 1.807) is 12.3 Å². The highest BCUT2D eigenvalue weighted by atomic mass is 19.1. The second kappa shape index (κ2) is 8.02. The zero-order valence-electron chi connectivity index (χ0n) is 18.7. The minimum absolute atomic E-state index is 0.0532. The number of nitrogens with two attached hydrogens (primary N) is 1. The third-order valence-corrected chi connectivity index (χ3v) is 6.39. The van der Waals surface area contributed by atoms with Crippen LogP contribution in [0.3, 0.4) is 0 Å². The summed E-state index contributed by atoms with van der Waals surface area (Å²) in [7, 11) is 0. The van der Waals surface area contributed by atoms with E-state index in [-0.39, 0.29) is 23.2 Å². The molecule has 1 amide bonds. The average molecular weight is 462 g/mol. The molecule has 0 spiro atoms. The molecule has 1 saturated carbocycles.